The van der Waals surface area contributed by atoms with E-state index in [9.17, 15) is 9.50 Å². The van der Waals surface area contributed by atoms with E-state index in [2.05, 4.69) is 24.4 Å². The van der Waals surface area contributed by atoms with E-state index < -0.39 is 0 Å². The van der Waals surface area contributed by atoms with Gasteiger partial charge >= 0.3 is 0 Å². The molecule has 2 aromatic rings. The Kier molecular flexibility index (Phi) is 4.74. The van der Waals surface area contributed by atoms with Crippen molar-refractivity contribution >= 4 is 0 Å². The van der Waals surface area contributed by atoms with E-state index in [1.54, 1.807) is 6.07 Å². The number of aryl methyl sites for hydroxylation is 1. The van der Waals surface area contributed by atoms with Gasteiger partial charge in [-0.3, -0.25) is 0 Å². The summed E-state index contributed by atoms with van der Waals surface area (Å²) in [7, 11) is 0. The van der Waals surface area contributed by atoms with E-state index in [-0.39, 0.29) is 17.6 Å². The molecule has 0 heterocycles. The zero-order valence-corrected chi connectivity index (χ0v) is 11.9. The zero-order valence-electron chi connectivity index (χ0n) is 11.9. The molecule has 0 aliphatic heterocycles. The Morgan fingerprint density at radius 1 is 1.20 bits per heavy atom. The Balaban J connectivity index is 1.92. The first kappa shape index (κ1) is 14.5. The van der Waals surface area contributed by atoms with Gasteiger partial charge in [-0.25, -0.2) is 4.39 Å². The van der Waals surface area contributed by atoms with Crippen molar-refractivity contribution in [2.75, 3.05) is 6.54 Å². The standard InChI is InChI=1S/C17H20FNO/c1-12-5-3-4-6-14(12)9-10-19-13(2)16-8-7-15(20)11-17(16)18/h3-8,11,13,19-20H,9-10H2,1-2H3. The van der Waals surface area contributed by atoms with Gasteiger partial charge in [-0.15, -0.1) is 0 Å². The third-order valence-corrected chi connectivity index (χ3v) is 3.56. The van der Waals surface area contributed by atoms with E-state index in [0.29, 0.717) is 5.56 Å². The van der Waals surface area contributed by atoms with Crippen LogP contribution in [0.1, 0.15) is 29.7 Å². The van der Waals surface area contributed by atoms with E-state index in [4.69, 9.17) is 0 Å². The summed E-state index contributed by atoms with van der Waals surface area (Å²) in [4.78, 5) is 0. The largest absolute Gasteiger partial charge is 0.508 e. The molecule has 0 aliphatic carbocycles. The van der Waals surface area contributed by atoms with Crippen LogP contribution in [0.4, 0.5) is 4.39 Å². The normalized spacial score (nSPS) is 12.3. The molecule has 2 rings (SSSR count). The number of rotatable bonds is 5. The summed E-state index contributed by atoms with van der Waals surface area (Å²) in [5.41, 5.74) is 3.16. The maximum absolute atomic E-state index is 13.7. The summed E-state index contributed by atoms with van der Waals surface area (Å²) in [5.74, 6) is -0.417. The minimum atomic E-state index is -0.374. The van der Waals surface area contributed by atoms with Crippen molar-refractivity contribution in [1.29, 1.82) is 0 Å². The van der Waals surface area contributed by atoms with Gasteiger partial charge in [0.05, 0.1) is 0 Å². The summed E-state index contributed by atoms with van der Waals surface area (Å²) in [6.07, 6.45) is 0.913. The minimum absolute atomic E-state index is 0.0432. The molecule has 2 aromatic carbocycles. The van der Waals surface area contributed by atoms with Crippen LogP contribution in [-0.2, 0) is 6.42 Å². The summed E-state index contributed by atoms with van der Waals surface area (Å²) in [5, 5.41) is 12.5. The molecule has 0 radical (unpaired) electrons. The average molecular weight is 273 g/mol. The lowest BCUT2D eigenvalue weighted by Crippen LogP contribution is -2.22. The Morgan fingerprint density at radius 2 is 1.95 bits per heavy atom. The topological polar surface area (TPSA) is 32.3 Å². The Bertz CT molecular complexity index is 583. The van der Waals surface area contributed by atoms with Crippen LogP contribution in [0.2, 0.25) is 0 Å². The van der Waals surface area contributed by atoms with Gasteiger partial charge < -0.3 is 10.4 Å². The molecule has 106 valence electrons. The number of hydrogen-bond donors (Lipinski definition) is 2. The molecule has 2 N–H and O–H groups in total. The van der Waals surface area contributed by atoms with Gasteiger partial charge in [0.2, 0.25) is 0 Å². The second kappa shape index (κ2) is 6.53. The highest BCUT2D eigenvalue weighted by atomic mass is 19.1. The van der Waals surface area contributed by atoms with Crippen LogP contribution in [-0.4, -0.2) is 11.7 Å². The summed E-state index contributed by atoms with van der Waals surface area (Å²) in [6.45, 7) is 4.80. The molecule has 0 aliphatic rings. The molecule has 0 saturated carbocycles. The first-order valence-electron chi connectivity index (χ1n) is 6.84. The number of hydrogen-bond acceptors (Lipinski definition) is 2. The molecular weight excluding hydrogens is 253 g/mol. The van der Waals surface area contributed by atoms with Gasteiger partial charge in [-0.05, 0) is 44.0 Å². The number of phenolic OH excluding ortho intramolecular Hbond substituents is 1. The van der Waals surface area contributed by atoms with Crippen molar-refractivity contribution in [3.05, 3.63) is 65.0 Å². The van der Waals surface area contributed by atoms with E-state index in [1.807, 2.05) is 19.1 Å². The number of benzene rings is 2. The molecule has 3 heteroatoms. The molecule has 1 unspecified atom stereocenters. The fourth-order valence-electron chi connectivity index (χ4n) is 2.29. The smallest absolute Gasteiger partial charge is 0.131 e. The van der Waals surface area contributed by atoms with Crippen LogP contribution in [0.3, 0.4) is 0 Å². The van der Waals surface area contributed by atoms with Crippen molar-refractivity contribution in [1.82, 2.24) is 5.32 Å². The van der Waals surface area contributed by atoms with Crippen molar-refractivity contribution in [2.24, 2.45) is 0 Å². The van der Waals surface area contributed by atoms with Crippen LogP contribution in [0.15, 0.2) is 42.5 Å². The summed E-state index contributed by atoms with van der Waals surface area (Å²) in [6, 6.07) is 12.5. The monoisotopic (exact) mass is 273 g/mol. The van der Waals surface area contributed by atoms with E-state index in [1.165, 1.54) is 17.2 Å². The van der Waals surface area contributed by atoms with E-state index in [0.717, 1.165) is 19.0 Å². The third kappa shape index (κ3) is 3.58. The Hall–Kier alpha value is -1.87. The number of nitrogens with one attached hydrogen (secondary N) is 1. The lowest BCUT2D eigenvalue weighted by Gasteiger charge is -2.15. The van der Waals surface area contributed by atoms with Crippen LogP contribution >= 0.6 is 0 Å². The molecule has 0 amide bonds. The van der Waals surface area contributed by atoms with Gasteiger partial charge in [0.15, 0.2) is 0 Å². The Morgan fingerprint density at radius 3 is 2.65 bits per heavy atom. The van der Waals surface area contributed by atoms with Crippen molar-refractivity contribution in [3.8, 4) is 5.75 Å². The van der Waals surface area contributed by atoms with Crippen molar-refractivity contribution in [3.63, 3.8) is 0 Å². The summed E-state index contributed by atoms with van der Waals surface area (Å²) >= 11 is 0. The molecule has 2 nitrogen and oxygen atoms in total. The van der Waals surface area contributed by atoms with Crippen LogP contribution in [0, 0.1) is 12.7 Å². The molecule has 0 aromatic heterocycles. The minimum Gasteiger partial charge on any atom is -0.508 e. The van der Waals surface area contributed by atoms with Gasteiger partial charge in [-0.2, -0.15) is 0 Å². The van der Waals surface area contributed by atoms with Gasteiger partial charge in [0.1, 0.15) is 11.6 Å². The lowest BCUT2D eigenvalue weighted by molar-refractivity contribution is 0.464. The second-order valence-electron chi connectivity index (χ2n) is 5.06. The molecule has 0 saturated heterocycles. The number of aromatic hydroxyl groups is 1. The average Bonchev–Trinajstić information content (AvgIpc) is 2.40. The van der Waals surface area contributed by atoms with Crippen molar-refractivity contribution in [2.45, 2.75) is 26.3 Å². The SMILES string of the molecule is Cc1ccccc1CCNC(C)c1ccc(O)cc1F. The molecule has 0 fully saturated rings. The fraction of sp³-hybridized carbons (Fsp3) is 0.294. The highest BCUT2D eigenvalue weighted by Gasteiger charge is 2.10. The van der Waals surface area contributed by atoms with Gasteiger partial charge in [-0.1, -0.05) is 30.3 Å². The predicted octanol–water partition coefficient (Wildman–Crippen LogP) is 3.73. The Labute approximate surface area is 119 Å². The van der Waals surface area contributed by atoms with Crippen LogP contribution in [0.25, 0.3) is 0 Å². The van der Waals surface area contributed by atoms with Gasteiger partial charge in [0.25, 0.3) is 0 Å². The molecule has 20 heavy (non-hydrogen) atoms. The first-order chi connectivity index (χ1) is 9.58. The van der Waals surface area contributed by atoms with E-state index >= 15 is 0 Å². The summed E-state index contributed by atoms with van der Waals surface area (Å²) < 4.78 is 13.7. The number of halogens is 1. The van der Waals surface area contributed by atoms with Gasteiger partial charge in [0, 0.05) is 17.7 Å². The maximum Gasteiger partial charge on any atom is 0.131 e. The highest BCUT2D eigenvalue weighted by Crippen LogP contribution is 2.21. The third-order valence-electron chi connectivity index (χ3n) is 3.56. The van der Waals surface area contributed by atoms with Crippen molar-refractivity contribution < 1.29 is 9.50 Å². The van der Waals surface area contributed by atoms with Crippen LogP contribution < -0.4 is 5.32 Å². The molecule has 0 spiro atoms. The zero-order chi connectivity index (χ0) is 14.5. The highest BCUT2D eigenvalue weighted by molar-refractivity contribution is 5.30. The predicted molar refractivity (Wildman–Crippen MR) is 79.4 cm³/mol. The fourth-order valence-corrected chi connectivity index (χ4v) is 2.29. The first-order valence-corrected chi connectivity index (χ1v) is 6.84. The lowest BCUT2D eigenvalue weighted by atomic mass is 10.0. The molecule has 0 bridgehead atoms. The quantitative estimate of drug-likeness (QED) is 0.870. The molecular formula is C17H20FNO. The maximum atomic E-state index is 13.7. The van der Waals surface area contributed by atoms with Crippen LogP contribution in [0.5, 0.6) is 5.75 Å². The second-order valence-corrected chi connectivity index (χ2v) is 5.06. The molecule has 1 atom stereocenters. The number of phenols is 1.